The van der Waals surface area contributed by atoms with E-state index >= 15 is 0 Å². The molecule has 0 amide bonds. The summed E-state index contributed by atoms with van der Waals surface area (Å²) in [5, 5.41) is 0. The third-order valence-electron chi connectivity index (χ3n) is 1.67. The van der Waals surface area contributed by atoms with E-state index in [-0.39, 0.29) is 0 Å². The number of rotatable bonds is 4. The fraction of sp³-hybridized carbons (Fsp3) is 1.00. The Morgan fingerprint density at radius 3 is 1.25 bits per heavy atom. The van der Waals surface area contributed by atoms with Crippen LogP contribution in [0.1, 0.15) is 0 Å². The molecule has 0 aliphatic heterocycles. The predicted octanol–water partition coefficient (Wildman–Crippen LogP) is 4.13. The van der Waals surface area contributed by atoms with Crippen molar-refractivity contribution in [2.24, 2.45) is 0 Å². The Bertz CT molecular complexity index is 121. The zero-order valence-corrected chi connectivity index (χ0v) is 16.3. The Hall–Kier alpha value is 1.78. The van der Waals surface area contributed by atoms with Gasteiger partial charge in [0, 0.05) is 0 Å². The van der Waals surface area contributed by atoms with Crippen LogP contribution in [0.2, 0.25) is 46.9 Å². The van der Waals surface area contributed by atoms with E-state index in [9.17, 15) is 0 Å². The van der Waals surface area contributed by atoms with E-state index in [0.29, 0.717) is 0 Å². The Morgan fingerprint density at radius 2 is 1.08 bits per heavy atom. The average Bonchev–Trinajstić information content (AvgIpc) is 1.49. The first-order valence-corrected chi connectivity index (χ1v) is 24.2. The van der Waals surface area contributed by atoms with Crippen molar-refractivity contribution in [2.75, 3.05) is 0 Å². The molecule has 72 valence electrons. The summed E-state index contributed by atoms with van der Waals surface area (Å²) < 4.78 is 3.28. The fourth-order valence-corrected chi connectivity index (χ4v) is 70.2. The second kappa shape index (κ2) is 5.03. The van der Waals surface area contributed by atoms with Gasteiger partial charge in [-0.1, -0.05) is 0 Å². The summed E-state index contributed by atoms with van der Waals surface area (Å²) >= 11 is 2.85. The van der Waals surface area contributed by atoms with E-state index in [4.69, 9.17) is 0 Å². The zero-order valence-electron chi connectivity index (χ0n) is 9.37. The molecule has 0 aliphatic carbocycles. The standard InChI is InChI=1S/2C4H11Si.BrH.In/c2*1-5(2,3)4;;/h2*1H2,2-4H3;1H;/q;;;+1/p-1. The molecule has 0 rings (SSSR count). The van der Waals surface area contributed by atoms with Gasteiger partial charge in [-0.25, -0.2) is 0 Å². The van der Waals surface area contributed by atoms with Crippen molar-refractivity contribution in [1.82, 2.24) is 0 Å². The Morgan fingerprint density at radius 1 is 0.833 bits per heavy atom. The van der Waals surface area contributed by atoms with Gasteiger partial charge in [0.05, 0.1) is 0 Å². The van der Waals surface area contributed by atoms with Crippen LogP contribution in [0.4, 0.5) is 0 Å². The van der Waals surface area contributed by atoms with Crippen LogP contribution >= 0.6 is 12.3 Å². The molecule has 0 nitrogen and oxygen atoms in total. The van der Waals surface area contributed by atoms with Crippen molar-refractivity contribution in [3.05, 3.63) is 0 Å². The van der Waals surface area contributed by atoms with Crippen molar-refractivity contribution in [1.29, 1.82) is 0 Å². The van der Waals surface area contributed by atoms with Gasteiger partial charge in [0.25, 0.3) is 0 Å². The van der Waals surface area contributed by atoms with Gasteiger partial charge in [0.1, 0.15) is 0 Å². The molecule has 0 saturated heterocycles. The molecule has 0 radical (unpaired) electrons. The molecule has 0 aliphatic rings. The Kier molecular flexibility index (Phi) is 5.78. The molecule has 0 saturated carbocycles. The number of hydrogen-bond donors (Lipinski definition) is 0. The van der Waals surface area contributed by atoms with Crippen molar-refractivity contribution in [3.8, 4) is 0 Å². The summed E-state index contributed by atoms with van der Waals surface area (Å²) in [6, 6.07) is 0. The van der Waals surface area contributed by atoms with Gasteiger partial charge in [-0.05, 0) is 0 Å². The molecule has 12 heavy (non-hydrogen) atoms. The van der Waals surface area contributed by atoms with Gasteiger partial charge < -0.3 is 0 Å². The second-order valence-corrected chi connectivity index (χ2v) is 36.3. The van der Waals surface area contributed by atoms with Crippen LogP contribution in [-0.4, -0.2) is 35.3 Å². The molecule has 0 fully saturated rings. The zero-order chi connectivity index (χ0) is 9.99. The summed E-state index contributed by atoms with van der Waals surface area (Å²) in [5.74, 6) is 0. The molecule has 0 heterocycles. The van der Waals surface area contributed by atoms with E-state index in [1.54, 1.807) is 7.60 Å². The normalized spacial score (nSPS) is 13.2. The summed E-state index contributed by atoms with van der Waals surface area (Å²) in [4.78, 5) is 0. The molecule has 0 aromatic rings. The first kappa shape index (κ1) is 13.8. The molecule has 4 heteroatoms. The van der Waals surface area contributed by atoms with Crippen molar-refractivity contribution >= 4 is 47.6 Å². The first-order valence-electron chi connectivity index (χ1n) is 4.74. The van der Waals surface area contributed by atoms with Crippen LogP contribution < -0.4 is 0 Å². The summed E-state index contributed by atoms with van der Waals surface area (Å²) in [6.07, 6.45) is 0. The third-order valence-corrected chi connectivity index (χ3v) is 46.6. The first-order chi connectivity index (χ1) is 5.10. The Labute approximate surface area is 93.6 Å². The molecule has 0 aromatic heterocycles. The second-order valence-electron chi connectivity index (χ2n) is 6.13. The molecule has 0 spiro atoms. The van der Waals surface area contributed by atoms with E-state index in [1.165, 1.54) is 0 Å². The minimum absolute atomic E-state index is 0.751. The van der Waals surface area contributed by atoms with Gasteiger partial charge in [0.2, 0.25) is 0 Å². The molecular weight excluding hydrogens is 347 g/mol. The van der Waals surface area contributed by atoms with Gasteiger partial charge in [-0.15, -0.1) is 0 Å². The SMILES string of the molecule is C[Si](C)(C)[CH2][In]([Br])[CH2][Si](C)(C)C. The maximum atomic E-state index is 4.03. The monoisotopic (exact) mass is 368 g/mol. The molecular formula is C8H22BrInSi2. The van der Waals surface area contributed by atoms with Crippen molar-refractivity contribution in [3.63, 3.8) is 0 Å². The fourth-order valence-electron chi connectivity index (χ4n) is 1.40. The number of hydrogen-bond acceptors (Lipinski definition) is 0. The molecule has 0 bridgehead atoms. The quantitative estimate of drug-likeness (QED) is 0.654. The average molecular weight is 369 g/mol. The summed E-state index contributed by atoms with van der Waals surface area (Å²) in [7, 11) is -1.50. The molecule has 0 N–H and O–H groups in total. The van der Waals surface area contributed by atoms with Crippen molar-refractivity contribution < 1.29 is 0 Å². The van der Waals surface area contributed by atoms with E-state index in [2.05, 4.69) is 51.6 Å². The van der Waals surface area contributed by atoms with Crippen LogP contribution in [0.5, 0.6) is 0 Å². The van der Waals surface area contributed by atoms with Gasteiger partial charge in [0.15, 0.2) is 0 Å². The molecule has 0 unspecified atom stereocenters. The minimum atomic E-state index is -1.18. The Balaban J connectivity index is 3.83. The van der Waals surface area contributed by atoms with Crippen LogP contribution in [0.3, 0.4) is 0 Å². The van der Waals surface area contributed by atoms with Crippen molar-refractivity contribution in [2.45, 2.75) is 46.9 Å². The summed E-state index contributed by atoms with van der Waals surface area (Å²) in [6.45, 7) is 15.0. The predicted molar refractivity (Wildman–Crippen MR) is 71.0 cm³/mol. The van der Waals surface area contributed by atoms with Crippen LogP contribution in [0.25, 0.3) is 0 Å². The third kappa shape index (κ3) is 9.87. The topological polar surface area (TPSA) is 0 Å². The van der Waals surface area contributed by atoms with Crippen LogP contribution in [0, 0.1) is 0 Å². The van der Waals surface area contributed by atoms with Gasteiger partial charge in [-0.3, -0.25) is 0 Å². The summed E-state index contributed by atoms with van der Waals surface area (Å²) in [5.41, 5.74) is 0. The molecule has 0 aromatic carbocycles. The number of halogens is 1. The van der Waals surface area contributed by atoms with E-state index in [1.807, 2.05) is 0 Å². The van der Waals surface area contributed by atoms with E-state index in [0.717, 1.165) is 0 Å². The van der Waals surface area contributed by atoms with Gasteiger partial charge in [-0.2, -0.15) is 0 Å². The van der Waals surface area contributed by atoms with Crippen LogP contribution in [0.15, 0.2) is 0 Å². The van der Waals surface area contributed by atoms with Crippen LogP contribution in [-0.2, 0) is 0 Å². The maximum absolute atomic E-state index is 4.03. The van der Waals surface area contributed by atoms with E-state index < -0.39 is 35.3 Å². The van der Waals surface area contributed by atoms with Gasteiger partial charge >= 0.3 is 94.4 Å². The molecule has 0 atom stereocenters.